The average Bonchev–Trinajstić information content (AvgIpc) is 2.86. The van der Waals surface area contributed by atoms with Gasteiger partial charge in [-0.05, 0) is 39.0 Å². The Morgan fingerprint density at radius 3 is 2.36 bits per heavy atom. The summed E-state index contributed by atoms with van der Waals surface area (Å²) >= 11 is 6.01. The molecule has 1 N–H and O–H groups in total. The van der Waals surface area contributed by atoms with E-state index >= 15 is 0 Å². The van der Waals surface area contributed by atoms with Crippen LogP contribution in [0.1, 0.15) is 17.2 Å². The second-order valence-corrected chi connectivity index (χ2v) is 7.57. The van der Waals surface area contributed by atoms with E-state index in [-0.39, 0.29) is 15.7 Å². The standard InChI is InChI=1S/C16H16ClN5O2S/c1-10-8-11(2)20-16(19-10)22-12(3)18-9-15(22)21-25(23,24)14-7-5-4-6-13(14)17/h4-9,21H,1-3H3. The Hall–Kier alpha value is -2.45. The number of aromatic nitrogens is 4. The van der Waals surface area contributed by atoms with Crippen LogP contribution in [0.15, 0.2) is 41.4 Å². The van der Waals surface area contributed by atoms with E-state index in [2.05, 4.69) is 19.7 Å². The van der Waals surface area contributed by atoms with Crippen molar-refractivity contribution >= 4 is 27.4 Å². The van der Waals surface area contributed by atoms with Crippen LogP contribution in [0.25, 0.3) is 5.95 Å². The maximum Gasteiger partial charge on any atom is 0.264 e. The van der Waals surface area contributed by atoms with Crippen molar-refractivity contribution in [2.45, 2.75) is 25.7 Å². The molecule has 0 saturated carbocycles. The fraction of sp³-hybridized carbons (Fsp3) is 0.188. The molecule has 9 heteroatoms. The number of hydrogen-bond acceptors (Lipinski definition) is 5. The van der Waals surface area contributed by atoms with E-state index in [0.717, 1.165) is 11.4 Å². The number of anilines is 1. The lowest BCUT2D eigenvalue weighted by Gasteiger charge is -2.12. The Bertz CT molecular complexity index is 1030. The number of nitrogens with zero attached hydrogens (tertiary/aromatic N) is 4. The lowest BCUT2D eigenvalue weighted by atomic mass is 10.3. The van der Waals surface area contributed by atoms with E-state index in [1.54, 1.807) is 23.6 Å². The van der Waals surface area contributed by atoms with Crippen molar-refractivity contribution in [3.05, 3.63) is 58.8 Å². The number of benzene rings is 1. The van der Waals surface area contributed by atoms with Crippen molar-refractivity contribution in [1.82, 2.24) is 19.5 Å². The summed E-state index contributed by atoms with van der Waals surface area (Å²) < 4.78 is 29.4. The molecule has 0 bridgehead atoms. The van der Waals surface area contributed by atoms with Gasteiger partial charge in [0.25, 0.3) is 10.0 Å². The Balaban J connectivity index is 2.07. The first-order valence-corrected chi connectivity index (χ1v) is 9.28. The second-order valence-electron chi connectivity index (χ2n) is 5.51. The Labute approximate surface area is 150 Å². The van der Waals surface area contributed by atoms with Crippen molar-refractivity contribution in [2.24, 2.45) is 0 Å². The van der Waals surface area contributed by atoms with Crippen LogP contribution in [0.3, 0.4) is 0 Å². The summed E-state index contributed by atoms with van der Waals surface area (Å²) in [5.41, 5.74) is 1.55. The summed E-state index contributed by atoms with van der Waals surface area (Å²) in [7, 11) is -3.88. The number of imidazole rings is 1. The molecule has 0 fully saturated rings. The predicted molar refractivity (Wildman–Crippen MR) is 95.6 cm³/mol. The molecular formula is C16H16ClN5O2S. The van der Waals surface area contributed by atoms with Gasteiger partial charge in [-0.3, -0.25) is 4.72 Å². The highest BCUT2D eigenvalue weighted by Crippen LogP contribution is 2.25. The number of aryl methyl sites for hydroxylation is 3. The molecule has 0 radical (unpaired) electrons. The van der Waals surface area contributed by atoms with Crippen molar-refractivity contribution in [3.8, 4) is 5.95 Å². The van der Waals surface area contributed by atoms with Crippen LogP contribution in [0.5, 0.6) is 0 Å². The molecule has 0 atom stereocenters. The summed E-state index contributed by atoms with van der Waals surface area (Å²) in [4.78, 5) is 12.9. The third-order valence-electron chi connectivity index (χ3n) is 3.47. The van der Waals surface area contributed by atoms with Gasteiger partial charge in [0.1, 0.15) is 16.5 Å². The smallest absolute Gasteiger partial charge is 0.263 e. The molecular weight excluding hydrogens is 362 g/mol. The highest BCUT2D eigenvalue weighted by molar-refractivity contribution is 7.92. The minimum atomic E-state index is -3.88. The Kier molecular flexibility index (Phi) is 4.49. The minimum absolute atomic E-state index is 0.0107. The van der Waals surface area contributed by atoms with Crippen LogP contribution in [-0.2, 0) is 10.0 Å². The van der Waals surface area contributed by atoms with Crippen molar-refractivity contribution < 1.29 is 8.42 Å². The fourth-order valence-corrected chi connectivity index (χ4v) is 3.98. The fourth-order valence-electron chi connectivity index (χ4n) is 2.43. The molecule has 0 aliphatic rings. The molecule has 3 aromatic rings. The van der Waals surface area contributed by atoms with Gasteiger partial charge in [-0.1, -0.05) is 23.7 Å². The van der Waals surface area contributed by atoms with E-state index in [4.69, 9.17) is 11.6 Å². The van der Waals surface area contributed by atoms with Crippen molar-refractivity contribution in [3.63, 3.8) is 0 Å². The number of halogens is 1. The number of rotatable bonds is 4. The molecule has 2 aromatic heterocycles. The summed E-state index contributed by atoms with van der Waals surface area (Å²) in [6.07, 6.45) is 1.42. The summed E-state index contributed by atoms with van der Waals surface area (Å²) in [6, 6.07) is 8.07. The molecule has 0 amide bonds. The molecule has 0 aliphatic carbocycles. The molecule has 1 aromatic carbocycles. The molecule has 0 aliphatic heterocycles. The zero-order valence-corrected chi connectivity index (χ0v) is 15.4. The maximum atomic E-state index is 12.7. The van der Waals surface area contributed by atoms with Crippen molar-refractivity contribution in [2.75, 3.05) is 4.72 Å². The van der Waals surface area contributed by atoms with Crippen LogP contribution in [0.2, 0.25) is 5.02 Å². The number of hydrogen-bond donors (Lipinski definition) is 1. The van der Waals surface area contributed by atoms with Crippen LogP contribution in [-0.4, -0.2) is 27.9 Å². The van der Waals surface area contributed by atoms with E-state index in [1.807, 2.05) is 19.9 Å². The minimum Gasteiger partial charge on any atom is -0.263 e. The molecule has 2 heterocycles. The van der Waals surface area contributed by atoms with Gasteiger partial charge in [0.2, 0.25) is 5.95 Å². The highest BCUT2D eigenvalue weighted by atomic mass is 35.5. The summed E-state index contributed by atoms with van der Waals surface area (Å²) in [6.45, 7) is 5.43. The van der Waals surface area contributed by atoms with Crippen LogP contribution in [0.4, 0.5) is 5.82 Å². The van der Waals surface area contributed by atoms with E-state index in [1.165, 1.54) is 18.3 Å². The normalized spacial score (nSPS) is 11.5. The van der Waals surface area contributed by atoms with Gasteiger partial charge < -0.3 is 0 Å². The zero-order chi connectivity index (χ0) is 18.2. The molecule has 0 unspecified atom stereocenters. The summed E-state index contributed by atoms with van der Waals surface area (Å²) in [5, 5.41) is 0.139. The summed E-state index contributed by atoms with van der Waals surface area (Å²) in [5.74, 6) is 1.15. The highest BCUT2D eigenvalue weighted by Gasteiger charge is 2.21. The molecule has 130 valence electrons. The lowest BCUT2D eigenvalue weighted by Crippen LogP contribution is -2.17. The molecule has 25 heavy (non-hydrogen) atoms. The third kappa shape index (κ3) is 3.49. The number of sulfonamides is 1. The van der Waals surface area contributed by atoms with Crippen molar-refractivity contribution in [1.29, 1.82) is 0 Å². The predicted octanol–water partition coefficient (Wildman–Crippen LogP) is 3.04. The average molecular weight is 378 g/mol. The second kappa shape index (κ2) is 6.45. The Morgan fingerprint density at radius 2 is 1.72 bits per heavy atom. The van der Waals surface area contributed by atoms with Crippen LogP contribution < -0.4 is 4.72 Å². The third-order valence-corrected chi connectivity index (χ3v) is 5.33. The first-order valence-electron chi connectivity index (χ1n) is 7.42. The Morgan fingerprint density at radius 1 is 1.08 bits per heavy atom. The van der Waals surface area contributed by atoms with Gasteiger partial charge in [0, 0.05) is 11.4 Å². The van der Waals surface area contributed by atoms with E-state index in [0.29, 0.717) is 11.8 Å². The quantitative estimate of drug-likeness (QED) is 0.754. The molecule has 7 nitrogen and oxygen atoms in total. The first-order chi connectivity index (χ1) is 11.8. The van der Waals surface area contributed by atoms with Gasteiger partial charge in [0.15, 0.2) is 0 Å². The van der Waals surface area contributed by atoms with Gasteiger partial charge in [-0.25, -0.2) is 27.9 Å². The largest absolute Gasteiger partial charge is 0.264 e. The number of nitrogens with one attached hydrogen (secondary N) is 1. The van der Waals surface area contributed by atoms with Gasteiger partial charge in [0.05, 0.1) is 11.2 Å². The van der Waals surface area contributed by atoms with E-state index < -0.39 is 10.0 Å². The van der Waals surface area contributed by atoms with Gasteiger partial charge >= 0.3 is 0 Å². The SMILES string of the molecule is Cc1cc(C)nc(-n2c(NS(=O)(=O)c3ccccc3Cl)cnc2C)n1. The van der Waals surface area contributed by atoms with Crippen LogP contribution >= 0.6 is 11.6 Å². The van der Waals surface area contributed by atoms with Crippen LogP contribution in [0, 0.1) is 20.8 Å². The van der Waals surface area contributed by atoms with Gasteiger partial charge in [-0.15, -0.1) is 0 Å². The zero-order valence-electron chi connectivity index (χ0n) is 13.9. The molecule has 0 saturated heterocycles. The van der Waals surface area contributed by atoms with Gasteiger partial charge in [-0.2, -0.15) is 0 Å². The first kappa shape index (κ1) is 17.4. The topological polar surface area (TPSA) is 89.8 Å². The lowest BCUT2D eigenvalue weighted by molar-refractivity contribution is 0.601. The molecule has 0 spiro atoms. The maximum absolute atomic E-state index is 12.7. The monoisotopic (exact) mass is 377 g/mol. The molecule has 3 rings (SSSR count). The van der Waals surface area contributed by atoms with E-state index in [9.17, 15) is 8.42 Å².